The molecule has 0 amide bonds. The number of carbonyl (C=O) groups excluding carboxylic acids is 1. The Morgan fingerprint density at radius 2 is 2.04 bits per heavy atom. The zero-order valence-electron chi connectivity index (χ0n) is 12.9. The van der Waals surface area contributed by atoms with Gasteiger partial charge in [-0.05, 0) is 30.3 Å². The van der Waals surface area contributed by atoms with Crippen molar-refractivity contribution in [3.05, 3.63) is 58.1 Å². The summed E-state index contributed by atoms with van der Waals surface area (Å²) in [5, 5.41) is 4.33. The molecule has 4 rings (SSSR count). The quantitative estimate of drug-likeness (QED) is 0.567. The summed E-state index contributed by atoms with van der Waals surface area (Å²) >= 11 is 12.1. The van der Waals surface area contributed by atoms with E-state index in [1.807, 2.05) is 22.8 Å². The van der Waals surface area contributed by atoms with Gasteiger partial charge in [0.2, 0.25) is 0 Å². The molecule has 3 aromatic rings. The minimum atomic E-state index is -0.0341. The molecule has 0 radical (unpaired) electrons. The highest BCUT2D eigenvalue weighted by atomic mass is 35.5. The van der Waals surface area contributed by atoms with Crippen LogP contribution in [0, 0.1) is 0 Å². The summed E-state index contributed by atoms with van der Waals surface area (Å²) in [6, 6.07) is 13.1. The average molecular weight is 361 g/mol. The number of fused-ring (bicyclic) bond motifs is 3. The highest BCUT2D eigenvalue weighted by Crippen LogP contribution is 2.24. The number of benzene rings is 2. The number of rotatable bonds is 3. The van der Waals surface area contributed by atoms with E-state index in [-0.39, 0.29) is 12.3 Å². The van der Waals surface area contributed by atoms with E-state index in [2.05, 4.69) is 16.0 Å². The van der Waals surface area contributed by atoms with Gasteiger partial charge in [0.05, 0.1) is 18.1 Å². The Labute approximate surface area is 149 Å². The highest BCUT2D eigenvalue weighted by molar-refractivity contribution is 6.36. The Morgan fingerprint density at radius 3 is 2.88 bits per heavy atom. The molecule has 4 nitrogen and oxygen atoms in total. The minimum Gasteiger partial charge on any atom is -0.290 e. The lowest BCUT2D eigenvalue weighted by molar-refractivity contribution is -0.661. The van der Waals surface area contributed by atoms with Crippen molar-refractivity contribution in [3.8, 4) is 0 Å². The number of nitrogens with one attached hydrogen (secondary N) is 1. The van der Waals surface area contributed by atoms with E-state index in [1.54, 1.807) is 18.2 Å². The van der Waals surface area contributed by atoms with Crippen molar-refractivity contribution in [1.82, 2.24) is 4.57 Å². The maximum absolute atomic E-state index is 12.8. The number of para-hydroxylation sites is 2. The van der Waals surface area contributed by atoms with Crippen LogP contribution in [0.3, 0.4) is 0 Å². The van der Waals surface area contributed by atoms with Gasteiger partial charge in [0, 0.05) is 17.0 Å². The monoisotopic (exact) mass is 360 g/mol. The molecule has 0 saturated carbocycles. The molecule has 1 aromatic heterocycles. The van der Waals surface area contributed by atoms with Crippen LogP contribution in [0.25, 0.3) is 11.0 Å². The van der Waals surface area contributed by atoms with Crippen molar-refractivity contribution < 1.29 is 9.36 Å². The number of carbonyl (C=O) groups is 1. The zero-order chi connectivity index (χ0) is 16.7. The molecular formula is C18H16Cl2N3O+. The number of hydrogen-bond donors (Lipinski definition) is 1. The molecule has 0 bridgehead atoms. The molecule has 0 fully saturated rings. The summed E-state index contributed by atoms with van der Waals surface area (Å²) in [5.74, 6) is 0.939. The van der Waals surface area contributed by atoms with Crippen molar-refractivity contribution in [2.24, 2.45) is 0 Å². The molecule has 24 heavy (non-hydrogen) atoms. The molecule has 1 aliphatic rings. The van der Waals surface area contributed by atoms with Crippen LogP contribution in [0.1, 0.15) is 16.8 Å². The largest absolute Gasteiger partial charge is 0.358 e. The molecule has 0 saturated heterocycles. The number of Topliss-reactive ketones (excluding diaryl/α,β-unsaturated/α-hetero) is 1. The van der Waals surface area contributed by atoms with Crippen molar-refractivity contribution in [2.45, 2.75) is 19.5 Å². The standard InChI is InChI=1S/C18H15Cl2N3O/c19-12-6-7-13(14(20)10-12)17(24)11-23-16-5-2-1-4-15(16)22-9-3-8-21-18(22)23/h1-2,4-7,10H,3,8-9,11H2/p+1. The summed E-state index contributed by atoms with van der Waals surface area (Å²) < 4.78 is 4.26. The third-order valence-electron chi connectivity index (χ3n) is 4.35. The lowest BCUT2D eigenvalue weighted by Gasteiger charge is -2.11. The summed E-state index contributed by atoms with van der Waals surface area (Å²) in [7, 11) is 0. The van der Waals surface area contributed by atoms with Crippen LogP contribution in [-0.2, 0) is 13.1 Å². The van der Waals surface area contributed by atoms with Crippen molar-refractivity contribution >= 4 is 46.0 Å². The van der Waals surface area contributed by atoms with E-state index in [0.29, 0.717) is 15.6 Å². The van der Waals surface area contributed by atoms with Crippen molar-refractivity contribution in [2.75, 3.05) is 11.9 Å². The predicted octanol–water partition coefficient (Wildman–Crippen LogP) is 3.93. The summed E-state index contributed by atoms with van der Waals surface area (Å²) in [6.45, 7) is 2.09. The first-order valence-electron chi connectivity index (χ1n) is 7.88. The number of aryl methyl sites for hydroxylation is 1. The van der Waals surface area contributed by atoms with Gasteiger partial charge in [-0.1, -0.05) is 35.3 Å². The Bertz CT molecular complexity index is 949. The van der Waals surface area contributed by atoms with Crippen LogP contribution in [0.2, 0.25) is 10.0 Å². The Morgan fingerprint density at radius 1 is 1.21 bits per heavy atom. The first-order chi connectivity index (χ1) is 11.6. The van der Waals surface area contributed by atoms with Gasteiger partial charge in [-0.2, -0.15) is 0 Å². The van der Waals surface area contributed by atoms with Crippen LogP contribution in [0.5, 0.6) is 0 Å². The second-order valence-corrected chi connectivity index (χ2v) is 6.72. The maximum atomic E-state index is 12.8. The first-order valence-corrected chi connectivity index (χ1v) is 8.64. The molecule has 2 heterocycles. The summed E-state index contributed by atoms with van der Waals surface area (Å²) in [4.78, 5) is 12.8. The topological polar surface area (TPSA) is 37.9 Å². The molecule has 122 valence electrons. The van der Waals surface area contributed by atoms with Crippen LogP contribution in [0.15, 0.2) is 42.5 Å². The van der Waals surface area contributed by atoms with Gasteiger partial charge in [-0.15, -0.1) is 0 Å². The second kappa shape index (κ2) is 6.11. The normalized spacial score (nSPS) is 13.6. The molecule has 1 N–H and O–H groups in total. The molecule has 0 spiro atoms. The number of aromatic nitrogens is 2. The molecule has 2 aromatic carbocycles. The van der Waals surface area contributed by atoms with E-state index in [4.69, 9.17) is 23.2 Å². The smallest absolute Gasteiger partial charge is 0.290 e. The number of nitrogens with zero attached hydrogens (tertiary/aromatic N) is 2. The van der Waals surface area contributed by atoms with Gasteiger partial charge in [0.15, 0.2) is 5.78 Å². The van der Waals surface area contributed by atoms with Gasteiger partial charge in [0.25, 0.3) is 0 Å². The SMILES string of the molecule is O=C(Cn1c2[n+](c3ccccc31)CCCN2)c1ccc(Cl)cc1Cl. The maximum Gasteiger partial charge on any atom is 0.358 e. The van der Waals surface area contributed by atoms with Gasteiger partial charge in [-0.25, -0.2) is 9.13 Å². The van der Waals surface area contributed by atoms with Crippen molar-refractivity contribution in [3.63, 3.8) is 0 Å². The fourth-order valence-corrected chi connectivity index (χ4v) is 3.77. The number of halogens is 2. The van der Waals surface area contributed by atoms with E-state index in [0.717, 1.165) is 36.5 Å². The Hall–Kier alpha value is -2.04. The third kappa shape index (κ3) is 2.56. The minimum absolute atomic E-state index is 0.0341. The van der Waals surface area contributed by atoms with E-state index < -0.39 is 0 Å². The van der Waals surface area contributed by atoms with Gasteiger partial charge >= 0.3 is 5.95 Å². The van der Waals surface area contributed by atoms with Gasteiger partial charge in [0.1, 0.15) is 17.6 Å². The van der Waals surface area contributed by atoms with Crippen LogP contribution in [-0.4, -0.2) is 16.9 Å². The van der Waals surface area contributed by atoms with E-state index >= 15 is 0 Å². The molecular weight excluding hydrogens is 345 g/mol. The van der Waals surface area contributed by atoms with Crippen LogP contribution < -0.4 is 9.88 Å². The zero-order valence-corrected chi connectivity index (χ0v) is 14.4. The fraction of sp³-hybridized carbons (Fsp3) is 0.222. The van der Waals surface area contributed by atoms with Crippen molar-refractivity contribution in [1.29, 1.82) is 0 Å². The van der Waals surface area contributed by atoms with Gasteiger partial charge in [-0.3, -0.25) is 10.1 Å². The molecule has 0 atom stereocenters. The second-order valence-electron chi connectivity index (χ2n) is 5.88. The number of ketones is 1. The molecule has 6 heteroatoms. The lowest BCUT2D eigenvalue weighted by Crippen LogP contribution is -2.42. The Balaban J connectivity index is 1.78. The average Bonchev–Trinajstić information content (AvgIpc) is 2.89. The lowest BCUT2D eigenvalue weighted by atomic mass is 10.1. The highest BCUT2D eigenvalue weighted by Gasteiger charge is 2.27. The predicted molar refractivity (Wildman–Crippen MR) is 96.0 cm³/mol. The number of imidazole rings is 1. The van der Waals surface area contributed by atoms with E-state index in [9.17, 15) is 4.79 Å². The first kappa shape index (κ1) is 15.5. The third-order valence-corrected chi connectivity index (χ3v) is 4.90. The number of hydrogen-bond acceptors (Lipinski definition) is 2. The summed E-state index contributed by atoms with van der Waals surface area (Å²) in [6.07, 6.45) is 1.07. The van der Waals surface area contributed by atoms with Crippen LogP contribution >= 0.6 is 23.2 Å². The van der Waals surface area contributed by atoms with Gasteiger partial charge < -0.3 is 0 Å². The summed E-state index contributed by atoms with van der Waals surface area (Å²) in [5.41, 5.74) is 2.67. The fourth-order valence-electron chi connectivity index (χ4n) is 3.25. The van der Waals surface area contributed by atoms with Crippen LogP contribution in [0.4, 0.5) is 5.95 Å². The number of anilines is 1. The Kier molecular flexibility index (Phi) is 3.94. The molecule has 1 aliphatic heterocycles. The van der Waals surface area contributed by atoms with E-state index in [1.165, 1.54) is 0 Å². The molecule has 0 aliphatic carbocycles. The molecule has 0 unspecified atom stereocenters.